The van der Waals surface area contributed by atoms with Crippen LogP contribution in [0, 0.1) is 0 Å². The summed E-state index contributed by atoms with van der Waals surface area (Å²) >= 11 is 0. The Balaban J connectivity index is 1.86. The molecule has 0 radical (unpaired) electrons. The summed E-state index contributed by atoms with van der Waals surface area (Å²) in [5.41, 5.74) is 4.86. The third kappa shape index (κ3) is 2.69. The number of ether oxygens (including phenoxy) is 2. The highest BCUT2D eigenvalue weighted by Crippen LogP contribution is 2.29. The predicted octanol–water partition coefficient (Wildman–Crippen LogP) is 3.52. The van der Waals surface area contributed by atoms with Crippen LogP contribution in [0.2, 0.25) is 0 Å². The van der Waals surface area contributed by atoms with Crippen LogP contribution in [0.25, 0.3) is 0 Å². The lowest BCUT2D eigenvalue weighted by Crippen LogP contribution is -2.23. The van der Waals surface area contributed by atoms with E-state index in [1.165, 1.54) is 11.1 Å². The standard InChI is InChI=1S/C17H19NO2/c1-19-10-14-7-3-5-9-16(14)18-17-12-20-11-13-6-2-4-8-15(13)17/h2-9,17-18H,10-12H2,1H3. The zero-order valence-electron chi connectivity index (χ0n) is 11.6. The lowest BCUT2D eigenvalue weighted by Gasteiger charge is -2.28. The van der Waals surface area contributed by atoms with Crippen molar-refractivity contribution in [2.24, 2.45) is 0 Å². The maximum Gasteiger partial charge on any atom is 0.0751 e. The Morgan fingerprint density at radius 1 is 1.15 bits per heavy atom. The van der Waals surface area contributed by atoms with E-state index in [1.807, 2.05) is 12.1 Å². The first-order chi connectivity index (χ1) is 9.88. The molecule has 1 aliphatic rings. The Morgan fingerprint density at radius 3 is 2.85 bits per heavy atom. The summed E-state index contributed by atoms with van der Waals surface area (Å²) in [5.74, 6) is 0. The van der Waals surface area contributed by atoms with Crippen LogP contribution in [0.1, 0.15) is 22.7 Å². The van der Waals surface area contributed by atoms with Gasteiger partial charge in [-0.05, 0) is 17.2 Å². The van der Waals surface area contributed by atoms with Crippen molar-refractivity contribution in [3.05, 3.63) is 65.2 Å². The van der Waals surface area contributed by atoms with Crippen LogP contribution in [0.3, 0.4) is 0 Å². The Bertz CT molecular complexity index is 583. The van der Waals surface area contributed by atoms with Gasteiger partial charge in [0, 0.05) is 18.4 Å². The van der Waals surface area contributed by atoms with Gasteiger partial charge < -0.3 is 14.8 Å². The number of para-hydroxylation sites is 1. The molecule has 2 aromatic carbocycles. The minimum absolute atomic E-state index is 0.193. The molecule has 3 nitrogen and oxygen atoms in total. The molecule has 1 N–H and O–H groups in total. The van der Waals surface area contributed by atoms with E-state index in [0.29, 0.717) is 19.8 Å². The van der Waals surface area contributed by atoms with Crippen molar-refractivity contribution in [3.63, 3.8) is 0 Å². The molecule has 0 bridgehead atoms. The largest absolute Gasteiger partial charge is 0.380 e. The summed E-state index contributed by atoms with van der Waals surface area (Å²) in [4.78, 5) is 0. The van der Waals surface area contributed by atoms with E-state index in [2.05, 4.69) is 41.7 Å². The fraction of sp³-hybridized carbons (Fsp3) is 0.294. The minimum atomic E-state index is 0.193. The number of rotatable bonds is 4. The molecule has 0 fully saturated rings. The van der Waals surface area contributed by atoms with E-state index in [4.69, 9.17) is 9.47 Å². The summed E-state index contributed by atoms with van der Waals surface area (Å²) in [6.07, 6.45) is 0. The highest BCUT2D eigenvalue weighted by Gasteiger charge is 2.20. The molecule has 0 saturated heterocycles. The quantitative estimate of drug-likeness (QED) is 0.921. The molecule has 2 aromatic rings. The van der Waals surface area contributed by atoms with E-state index in [9.17, 15) is 0 Å². The first kappa shape index (κ1) is 13.2. The monoisotopic (exact) mass is 269 g/mol. The van der Waals surface area contributed by atoms with Crippen molar-refractivity contribution in [1.82, 2.24) is 0 Å². The molecular formula is C17H19NO2. The number of hydrogen-bond donors (Lipinski definition) is 1. The van der Waals surface area contributed by atoms with Crippen molar-refractivity contribution in [3.8, 4) is 0 Å². The Labute approximate surface area is 119 Å². The first-order valence-electron chi connectivity index (χ1n) is 6.87. The zero-order valence-corrected chi connectivity index (χ0v) is 11.6. The van der Waals surface area contributed by atoms with Gasteiger partial charge in [0.2, 0.25) is 0 Å². The van der Waals surface area contributed by atoms with Crippen LogP contribution < -0.4 is 5.32 Å². The van der Waals surface area contributed by atoms with Crippen molar-refractivity contribution in [2.45, 2.75) is 19.3 Å². The first-order valence-corrected chi connectivity index (χ1v) is 6.87. The smallest absolute Gasteiger partial charge is 0.0751 e. The molecule has 1 atom stereocenters. The maximum absolute atomic E-state index is 5.69. The summed E-state index contributed by atoms with van der Waals surface area (Å²) in [6.45, 7) is 2.00. The molecule has 104 valence electrons. The second-order valence-corrected chi connectivity index (χ2v) is 5.00. The van der Waals surface area contributed by atoms with Gasteiger partial charge in [0.1, 0.15) is 0 Å². The van der Waals surface area contributed by atoms with E-state index in [1.54, 1.807) is 7.11 Å². The fourth-order valence-electron chi connectivity index (χ4n) is 2.63. The third-order valence-electron chi connectivity index (χ3n) is 3.62. The Kier molecular flexibility index (Phi) is 4.00. The van der Waals surface area contributed by atoms with E-state index in [-0.39, 0.29) is 6.04 Å². The molecule has 0 saturated carbocycles. The van der Waals surface area contributed by atoms with Crippen molar-refractivity contribution in [1.29, 1.82) is 0 Å². The average molecular weight is 269 g/mol. The lowest BCUT2D eigenvalue weighted by atomic mass is 9.98. The minimum Gasteiger partial charge on any atom is -0.380 e. The van der Waals surface area contributed by atoms with Crippen LogP contribution in [-0.2, 0) is 22.7 Å². The number of anilines is 1. The van der Waals surface area contributed by atoms with Gasteiger partial charge in [-0.15, -0.1) is 0 Å². The van der Waals surface area contributed by atoms with Crippen molar-refractivity contribution < 1.29 is 9.47 Å². The van der Waals surface area contributed by atoms with Gasteiger partial charge >= 0.3 is 0 Å². The van der Waals surface area contributed by atoms with Gasteiger partial charge in [0.05, 0.1) is 25.9 Å². The summed E-state index contributed by atoms with van der Waals surface area (Å²) in [5, 5.41) is 3.59. The third-order valence-corrected chi connectivity index (χ3v) is 3.62. The van der Waals surface area contributed by atoms with E-state index < -0.39 is 0 Å². The molecule has 0 amide bonds. The van der Waals surface area contributed by atoms with Crippen LogP contribution in [0.4, 0.5) is 5.69 Å². The van der Waals surface area contributed by atoms with E-state index >= 15 is 0 Å². The molecule has 3 rings (SSSR count). The molecule has 1 aliphatic heterocycles. The summed E-state index contributed by atoms with van der Waals surface area (Å²) in [6, 6.07) is 16.9. The topological polar surface area (TPSA) is 30.5 Å². The highest BCUT2D eigenvalue weighted by molar-refractivity contribution is 5.53. The second-order valence-electron chi connectivity index (χ2n) is 5.00. The molecule has 1 heterocycles. The molecule has 20 heavy (non-hydrogen) atoms. The average Bonchev–Trinajstić information content (AvgIpc) is 2.50. The normalized spacial score (nSPS) is 17.6. The van der Waals surface area contributed by atoms with Crippen LogP contribution in [-0.4, -0.2) is 13.7 Å². The van der Waals surface area contributed by atoms with Gasteiger partial charge in [-0.1, -0.05) is 42.5 Å². The van der Waals surface area contributed by atoms with E-state index in [0.717, 1.165) is 11.3 Å². The van der Waals surface area contributed by atoms with Gasteiger partial charge in [-0.3, -0.25) is 0 Å². The van der Waals surface area contributed by atoms with Crippen LogP contribution in [0.5, 0.6) is 0 Å². The number of nitrogens with one attached hydrogen (secondary N) is 1. The zero-order chi connectivity index (χ0) is 13.8. The highest BCUT2D eigenvalue weighted by atomic mass is 16.5. The SMILES string of the molecule is COCc1ccccc1NC1COCc2ccccc21. The Hall–Kier alpha value is -1.84. The molecule has 3 heteroatoms. The summed E-state index contributed by atoms with van der Waals surface area (Å²) < 4.78 is 10.9. The van der Waals surface area contributed by atoms with Gasteiger partial charge in [-0.2, -0.15) is 0 Å². The maximum atomic E-state index is 5.69. The number of methoxy groups -OCH3 is 1. The molecule has 0 aliphatic carbocycles. The van der Waals surface area contributed by atoms with Gasteiger partial charge in [0.15, 0.2) is 0 Å². The molecule has 0 aromatic heterocycles. The Morgan fingerprint density at radius 2 is 1.95 bits per heavy atom. The molecular weight excluding hydrogens is 250 g/mol. The number of benzene rings is 2. The van der Waals surface area contributed by atoms with Crippen molar-refractivity contribution in [2.75, 3.05) is 19.0 Å². The van der Waals surface area contributed by atoms with Crippen LogP contribution in [0.15, 0.2) is 48.5 Å². The summed E-state index contributed by atoms with van der Waals surface area (Å²) in [7, 11) is 1.72. The number of hydrogen-bond acceptors (Lipinski definition) is 3. The van der Waals surface area contributed by atoms with Crippen LogP contribution >= 0.6 is 0 Å². The molecule has 1 unspecified atom stereocenters. The van der Waals surface area contributed by atoms with Gasteiger partial charge in [0.25, 0.3) is 0 Å². The fourth-order valence-corrected chi connectivity index (χ4v) is 2.63. The second kappa shape index (κ2) is 6.07. The predicted molar refractivity (Wildman–Crippen MR) is 79.6 cm³/mol. The lowest BCUT2D eigenvalue weighted by molar-refractivity contribution is 0.0969. The van der Waals surface area contributed by atoms with Gasteiger partial charge in [-0.25, -0.2) is 0 Å². The number of fused-ring (bicyclic) bond motifs is 1. The molecule has 0 spiro atoms. The van der Waals surface area contributed by atoms with Crippen molar-refractivity contribution >= 4 is 5.69 Å².